The van der Waals surface area contributed by atoms with Crippen LogP contribution >= 0.6 is 0 Å². The lowest BCUT2D eigenvalue weighted by Gasteiger charge is -2.46. The molecular formula is C14H31N3. The van der Waals surface area contributed by atoms with Gasteiger partial charge in [0.25, 0.3) is 0 Å². The average Bonchev–Trinajstić information content (AvgIpc) is 2.20. The van der Waals surface area contributed by atoms with Gasteiger partial charge in [-0.25, -0.2) is 0 Å². The van der Waals surface area contributed by atoms with Gasteiger partial charge in [0.15, 0.2) is 0 Å². The molecule has 1 fully saturated rings. The van der Waals surface area contributed by atoms with Gasteiger partial charge in [0.1, 0.15) is 0 Å². The molecule has 1 rings (SSSR count). The summed E-state index contributed by atoms with van der Waals surface area (Å²) in [5, 5.41) is 0. The Labute approximate surface area is 107 Å². The van der Waals surface area contributed by atoms with Crippen LogP contribution < -0.4 is 5.73 Å². The normalized spacial score (nSPS) is 30.5. The molecule has 3 nitrogen and oxygen atoms in total. The molecule has 0 aromatic rings. The molecule has 0 saturated carbocycles. The molecule has 0 spiro atoms. The van der Waals surface area contributed by atoms with Crippen LogP contribution in [0.15, 0.2) is 0 Å². The number of hydrogen-bond acceptors (Lipinski definition) is 3. The molecule has 0 aromatic heterocycles. The van der Waals surface area contributed by atoms with E-state index in [4.69, 9.17) is 5.73 Å². The lowest BCUT2D eigenvalue weighted by atomic mass is 9.87. The van der Waals surface area contributed by atoms with Crippen molar-refractivity contribution in [1.29, 1.82) is 0 Å². The molecule has 3 heteroatoms. The first-order valence-electron chi connectivity index (χ1n) is 6.90. The van der Waals surface area contributed by atoms with Crippen LogP contribution in [-0.2, 0) is 0 Å². The van der Waals surface area contributed by atoms with E-state index in [1.807, 2.05) is 0 Å². The van der Waals surface area contributed by atoms with Gasteiger partial charge in [-0.3, -0.25) is 9.80 Å². The van der Waals surface area contributed by atoms with Crippen LogP contribution in [0.2, 0.25) is 0 Å². The van der Waals surface area contributed by atoms with Crippen molar-refractivity contribution < 1.29 is 0 Å². The molecule has 1 aliphatic heterocycles. The zero-order valence-electron chi connectivity index (χ0n) is 12.5. The summed E-state index contributed by atoms with van der Waals surface area (Å²) in [5.74, 6) is 0. The third-order valence-electron chi connectivity index (χ3n) is 4.02. The van der Waals surface area contributed by atoms with E-state index < -0.39 is 0 Å². The second kappa shape index (κ2) is 5.68. The Kier molecular flexibility index (Phi) is 4.99. The summed E-state index contributed by atoms with van der Waals surface area (Å²) in [4.78, 5) is 5.07. The van der Waals surface area contributed by atoms with Crippen LogP contribution in [0, 0.1) is 5.41 Å². The highest BCUT2D eigenvalue weighted by molar-refractivity contribution is 4.88. The minimum atomic E-state index is 0.361. The van der Waals surface area contributed by atoms with Gasteiger partial charge in [-0.2, -0.15) is 0 Å². The quantitative estimate of drug-likeness (QED) is 0.817. The van der Waals surface area contributed by atoms with E-state index >= 15 is 0 Å². The predicted molar refractivity (Wildman–Crippen MR) is 75.2 cm³/mol. The molecule has 17 heavy (non-hydrogen) atoms. The summed E-state index contributed by atoms with van der Waals surface area (Å²) in [6, 6.07) is 1.80. The molecule has 3 atom stereocenters. The second-order valence-electron chi connectivity index (χ2n) is 6.97. The summed E-state index contributed by atoms with van der Waals surface area (Å²) in [6.07, 6.45) is 1.19. The smallest absolute Gasteiger partial charge is 0.0224 e. The molecule has 0 amide bonds. The highest BCUT2D eigenvalue weighted by atomic mass is 15.3. The maximum Gasteiger partial charge on any atom is 0.0224 e. The van der Waals surface area contributed by atoms with Gasteiger partial charge in [-0.15, -0.1) is 0 Å². The number of piperazine rings is 1. The van der Waals surface area contributed by atoms with E-state index in [-0.39, 0.29) is 0 Å². The lowest BCUT2D eigenvalue weighted by Crippen LogP contribution is -2.59. The van der Waals surface area contributed by atoms with E-state index in [2.05, 4.69) is 51.5 Å². The summed E-state index contributed by atoms with van der Waals surface area (Å²) >= 11 is 0. The van der Waals surface area contributed by atoms with Crippen LogP contribution in [0.25, 0.3) is 0 Å². The monoisotopic (exact) mass is 241 g/mol. The number of nitrogens with two attached hydrogens (primary N) is 1. The molecule has 0 radical (unpaired) electrons. The Morgan fingerprint density at radius 3 is 2.00 bits per heavy atom. The predicted octanol–water partition coefficient (Wildman–Crippen LogP) is 1.77. The molecule has 1 saturated heterocycles. The Balaban J connectivity index is 2.64. The fourth-order valence-electron chi connectivity index (χ4n) is 2.81. The first-order chi connectivity index (χ1) is 7.74. The van der Waals surface area contributed by atoms with Crippen molar-refractivity contribution in [2.75, 3.05) is 26.7 Å². The number of rotatable bonds is 3. The zero-order valence-corrected chi connectivity index (χ0v) is 12.5. The first kappa shape index (κ1) is 14.9. The number of nitrogens with zero attached hydrogens (tertiary/aromatic N) is 2. The minimum absolute atomic E-state index is 0.361. The maximum atomic E-state index is 5.98. The molecule has 0 bridgehead atoms. The Morgan fingerprint density at radius 2 is 1.65 bits per heavy atom. The lowest BCUT2D eigenvalue weighted by molar-refractivity contribution is 0.0247. The van der Waals surface area contributed by atoms with Crippen molar-refractivity contribution in [3.8, 4) is 0 Å². The Morgan fingerprint density at radius 1 is 1.18 bits per heavy atom. The molecular weight excluding hydrogens is 210 g/mol. The Hall–Kier alpha value is -0.120. The Bertz CT molecular complexity index is 222. The van der Waals surface area contributed by atoms with Crippen molar-refractivity contribution in [3.05, 3.63) is 0 Å². The van der Waals surface area contributed by atoms with Gasteiger partial charge in [0.2, 0.25) is 0 Å². The third kappa shape index (κ3) is 4.23. The van der Waals surface area contributed by atoms with Gasteiger partial charge >= 0.3 is 0 Å². The maximum absolute atomic E-state index is 5.98. The molecule has 102 valence electrons. The van der Waals surface area contributed by atoms with E-state index in [1.165, 1.54) is 6.42 Å². The van der Waals surface area contributed by atoms with Gasteiger partial charge in [0, 0.05) is 37.8 Å². The molecule has 1 heterocycles. The summed E-state index contributed by atoms with van der Waals surface area (Å²) < 4.78 is 0. The van der Waals surface area contributed by atoms with Crippen LogP contribution in [0.5, 0.6) is 0 Å². The van der Waals surface area contributed by atoms with E-state index in [0.717, 1.165) is 19.6 Å². The van der Waals surface area contributed by atoms with Gasteiger partial charge in [0.05, 0.1) is 0 Å². The number of hydrogen-bond donors (Lipinski definition) is 1. The third-order valence-corrected chi connectivity index (χ3v) is 4.02. The van der Waals surface area contributed by atoms with Crippen LogP contribution in [0.1, 0.15) is 41.0 Å². The van der Waals surface area contributed by atoms with Crippen molar-refractivity contribution in [3.63, 3.8) is 0 Å². The average molecular weight is 241 g/mol. The molecule has 1 aliphatic rings. The van der Waals surface area contributed by atoms with Crippen molar-refractivity contribution >= 4 is 0 Å². The van der Waals surface area contributed by atoms with E-state index in [1.54, 1.807) is 0 Å². The number of likely N-dealkylation sites (N-methyl/N-ethyl adjacent to an activating group) is 1. The van der Waals surface area contributed by atoms with Crippen molar-refractivity contribution in [2.24, 2.45) is 11.1 Å². The molecule has 2 N–H and O–H groups in total. The SMILES string of the molecule is CC1CN(C(CN)CC(C)(C)C)CC(C)N1C. The van der Waals surface area contributed by atoms with Crippen LogP contribution in [0.4, 0.5) is 0 Å². The molecule has 3 unspecified atom stereocenters. The van der Waals surface area contributed by atoms with E-state index in [9.17, 15) is 0 Å². The van der Waals surface area contributed by atoms with Crippen molar-refractivity contribution in [1.82, 2.24) is 9.80 Å². The zero-order chi connectivity index (χ0) is 13.2. The van der Waals surface area contributed by atoms with Gasteiger partial charge in [-0.1, -0.05) is 20.8 Å². The van der Waals surface area contributed by atoms with Crippen LogP contribution in [0.3, 0.4) is 0 Å². The summed E-state index contributed by atoms with van der Waals surface area (Å²) in [6.45, 7) is 14.6. The summed E-state index contributed by atoms with van der Waals surface area (Å²) in [5.41, 5.74) is 6.34. The summed E-state index contributed by atoms with van der Waals surface area (Å²) in [7, 11) is 2.23. The van der Waals surface area contributed by atoms with Crippen LogP contribution in [-0.4, -0.2) is 54.6 Å². The molecule has 0 aromatic carbocycles. The fraction of sp³-hybridized carbons (Fsp3) is 1.00. The van der Waals surface area contributed by atoms with Gasteiger partial charge in [-0.05, 0) is 32.7 Å². The largest absolute Gasteiger partial charge is 0.329 e. The second-order valence-corrected chi connectivity index (χ2v) is 6.97. The first-order valence-corrected chi connectivity index (χ1v) is 6.90. The van der Waals surface area contributed by atoms with Crippen molar-refractivity contribution in [2.45, 2.75) is 59.2 Å². The highest BCUT2D eigenvalue weighted by Gasteiger charge is 2.31. The van der Waals surface area contributed by atoms with E-state index in [0.29, 0.717) is 23.5 Å². The van der Waals surface area contributed by atoms with Gasteiger partial charge < -0.3 is 5.73 Å². The minimum Gasteiger partial charge on any atom is -0.329 e. The standard InChI is InChI=1S/C14H31N3/c1-11-9-17(10-12(2)16(11)6)13(8-15)7-14(3,4)5/h11-13H,7-10,15H2,1-6H3. The fourth-order valence-corrected chi connectivity index (χ4v) is 2.81. The topological polar surface area (TPSA) is 32.5 Å². The highest BCUT2D eigenvalue weighted by Crippen LogP contribution is 2.25. The molecule has 0 aliphatic carbocycles.